The van der Waals surface area contributed by atoms with Crippen LogP contribution in [-0.2, 0) is 9.63 Å². The number of nitrogens with zero attached hydrogens (tertiary/aromatic N) is 2. The molecule has 0 bridgehead atoms. The molecule has 0 aliphatic carbocycles. The van der Waals surface area contributed by atoms with Gasteiger partial charge in [0.05, 0.1) is 11.7 Å². The van der Waals surface area contributed by atoms with Crippen molar-refractivity contribution in [1.29, 1.82) is 0 Å². The van der Waals surface area contributed by atoms with Crippen molar-refractivity contribution >= 4 is 17.6 Å². The molecule has 1 aliphatic heterocycles. The minimum atomic E-state index is -0.479. The molecule has 0 unspecified atom stereocenters. The van der Waals surface area contributed by atoms with E-state index in [9.17, 15) is 9.59 Å². The minimum Gasteiger partial charge on any atom is -0.364 e. The molecule has 0 spiro atoms. The molecule has 6 heteroatoms. The van der Waals surface area contributed by atoms with Crippen LogP contribution in [0.15, 0.2) is 60.7 Å². The fourth-order valence-electron chi connectivity index (χ4n) is 3.53. The van der Waals surface area contributed by atoms with Gasteiger partial charge in [-0.2, -0.15) is 0 Å². The molecule has 6 nitrogen and oxygen atoms in total. The summed E-state index contributed by atoms with van der Waals surface area (Å²) < 4.78 is 0. The van der Waals surface area contributed by atoms with Gasteiger partial charge >= 0.3 is 5.97 Å². The van der Waals surface area contributed by atoms with E-state index in [1.54, 1.807) is 34.2 Å². The van der Waals surface area contributed by atoms with E-state index in [4.69, 9.17) is 10.6 Å². The van der Waals surface area contributed by atoms with Crippen molar-refractivity contribution in [3.05, 3.63) is 66.2 Å². The van der Waals surface area contributed by atoms with Crippen LogP contribution in [0.4, 0.5) is 5.69 Å². The van der Waals surface area contributed by atoms with Crippen LogP contribution in [0.25, 0.3) is 0 Å². The van der Waals surface area contributed by atoms with Crippen molar-refractivity contribution < 1.29 is 14.4 Å². The van der Waals surface area contributed by atoms with Gasteiger partial charge in [0.2, 0.25) is 5.91 Å². The Morgan fingerprint density at radius 2 is 1.79 bits per heavy atom. The maximum atomic E-state index is 12.6. The van der Waals surface area contributed by atoms with Crippen LogP contribution in [0.1, 0.15) is 36.5 Å². The largest absolute Gasteiger partial charge is 0.364 e. The lowest BCUT2D eigenvalue weighted by Gasteiger charge is -2.39. The van der Waals surface area contributed by atoms with Crippen LogP contribution in [0.5, 0.6) is 0 Å². The molecule has 2 aromatic rings. The van der Waals surface area contributed by atoms with Crippen LogP contribution in [0.2, 0.25) is 0 Å². The molecule has 0 aromatic heterocycles. The number of para-hydroxylation sites is 1. The zero-order valence-electron chi connectivity index (χ0n) is 16.2. The second kappa shape index (κ2) is 9.48. The van der Waals surface area contributed by atoms with Gasteiger partial charge in [0, 0.05) is 31.1 Å². The van der Waals surface area contributed by atoms with E-state index in [0.717, 1.165) is 18.5 Å². The maximum absolute atomic E-state index is 12.6. The van der Waals surface area contributed by atoms with E-state index in [2.05, 4.69) is 0 Å². The lowest BCUT2D eigenvalue weighted by molar-refractivity contribution is -0.134. The van der Waals surface area contributed by atoms with Crippen molar-refractivity contribution in [2.45, 2.75) is 32.4 Å². The third-order valence-corrected chi connectivity index (χ3v) is 5.03. The number of carbonyl (C=O) groups excluding carboxylic acids is 2. The molecule has 2 N–H and O–H groups in total. The van der Waals surface area contributed by atoms with Gasteiger partial charge in [-0.1, -0.05) is 43.3 Å². The summed E-state index contributed by atoms with van der Waals surface area (Å²) in [6.07, 6.45) is 1.62. The highest BCUT2D eigenvalue weighted by atomic mass is 16.7. The molecule has 2 aromatic carbocycles. The van der Waals surface area contributed by atoms with E-state index >= 15 is 0 Å². The summed E-state index contributed by atoms with van der Waals surface area (Å²) in [6, 6.07) is 18.4. The molecule has 1 heterocycles. The van der Waals surface area contributed by atoms with Crippen LogP contribution in [0.3, 0.4) is 0 Å². The van der Waals surface area contributed by atoms with Gasteiger partial charge in [0.1, 0.15) is 0 Å². The molecule has 2 atom stereocenters. The van der Waals surface area contributed by atoms with Gasteiger partial charge in [-0.25, -0.2) is 4.79 Å². The molecule has 3 rings (SSSR count). The Bertz CT molecular complexity index is 782. The Kier molecular flexibility index (Phi) is 6.79. The number of hydrogen-bond donors (Lipinski definition) is 1. The Hall–Kier alpha value is -2.70. The van der Waals surface area contributed by atoms with E-state index in [0.29, 0.717) is 25.1 Å². The topological polar surface area (TPSA) is 75.9 Å². The standard InChI is InChI=1S/C22H27N3O3/c1-2-20(26)25(19-13-7-4-8-14-19)21(23)18-12-9-15-24(16-18)28-22(27)17-10-5-3-6-11-17/h3-8,10-11,13-14,18,21H,2,9,12,15-16,23H2,1H3/t18-,21-/m1/s1. The quantitative estimate of drug-likeness (QED) is 0.778. The summed E-state index contributed by atoms with van der Waals surface area (Å²) in [4.78, 5) is 32.2. The zero-order chi connectivity index (χ0) is 19.9. The monoisotopic (exact) mass is 381 g/mol. The first kappa shape index (κ1) is 20.0. The Morgan fingerprint density at radius 1 is 1.14 bits per heavy atom. The van der Waals surface area contributed by atoms with Gasteiger partial charge in [0.15, 0.2) is 0 Å². The molecule has 28 heavy (non-hydrogen) atoms. The summed E-state index contributed by atoms with van der Waals surface area (Å²) >= 11 is 0. The normalized spacial score (nSPS) is 18.3. The smallest absolute Gasteiger partial charge is 0.357 e. The molecule has 0 radical (unpaired) electrons. The van der Waals surface area contributed by atoms with Crippen molar-refractivity contribution in [3.8, 4) is 0 Å². The lowest BCUT2D eigenvalue weighted by Crippen LogP contribution is -2.54. The molecule has 1 fully saturated rings. The number of hydroxylamine groups is 2. The highest BCUT2D eigenvalue weighted by Crippen LogP contribution is 2.26. The van der Waals surface area contributed by atoms with Crippen molar-refractivity contribution in [1.82, 2.24) is 5.06 Å². The van der Waals surface area contributed by atoms with E-state index in [-0.39, 0.29) is 17.8 Å². The first-order valence-electron chi connectivity index (χ1n) is 9.75. The predicted molar refractivity (Wildman–Crippen MR) is 108 cm³/mol. The van der Waals surface area contributed by atoms with Crippen molar-refractivity contribution in [3.63, 3.8) is 0 Å². The molecule has 1 saturated heterocycles. The molecule has 0 saturated carbocycles. The van der Waals surface area contributed by atoms with Gasteiger partial charge < -0.3 is 10.6 Å². The first-order valence-corrected chi connectivity index (χ1v) is 9.75. The second-order valence-electron chi connectivity index (χ2n) is 6.98. The molecular formula is C22H27N3O3. The average Bonchev–Trinajstić information content (AvgIpc) is 2.75. The van der Waals surface area contributed by atoms with Crippen LogP contribution < -0.4 is 10.6 Å². The summed E-state index contributed by atoms with van der Waals surface area (Å²) in [5, 5.41) is 1.67. The molecular weight excluding hydrogens is 354 g/mol. The maximum Gasteiger partial charge on any atom is 0.357 e. The Morgan fingerprint density at radius 3 is 2.43 bits per heavy atom. The first-order chi connectivity index (χ1) is 13.6. The highest BCUT2D eigenvalue weighted by molar-refractivity contribution is 5.93. The van der Waals surface area contributed by atoms with Crippen molar-refractivity contribution in [2.75, 3.05) is 18.0 Å². The van der Waals surface area contributed by atoms with E-state index in [1.807, 2.05) is 43.3 Å². The SMILES string of the molecule is CCC(=O)N(c1ccccc1)[C@@H](N)[C@@H]1CCCN(OC(=O)c2ccccc2)C1. The molecule has 1 aliphatic rings. The highest BCUT2D eigenvalue weighted by Gasteiger charge is 2.33. The summed E-state index contributed by atoms with van der Waals surface area (Å²) in [5.74, 6) is -0.385. The van der Waals surface area contributed by atoms with Gasteiger partial charge in [-0.3, -0.25) is 9.69 Å². The number of rotatable bonds is 6. The molecule has 148 valence electrons. The zero-order valence-corrected chi connectivity index (χ0v) is 16.2. The fraction of sp³-hybridized carbons (Fsp3) is 0.364. The number of amides is 1. The number of piperidine rings is 1. The average molecular weight is 381 g/mol. The van der Waals surface area contributed by atoms with E-state index < -0.39 is 6.17 Å². The Labute approximate surface area is 165 Å². The number of carbonyl (C=O) groups is 2. The Balaban J connectivity index is 1.69. The third kappa shape index (κ3) is 4.77. The van der Waals surface area contributed by atoms with Crippen LogP contribution in [-0.4, -0.2) is 36.2 Å². The summed E-state index contributed by atoms with van der Waals surface area (Å²) in [6.45, 7) is 2.99. The summed E-state index contributed by atoms with van der Waals surface area (Å²) in [7, 11) is 0. The number of benzene rings is 2. The van der Waals surface area contributed by atoms with Gasteiger partial charge in [-0.15, -0.1) is 5.06 Å². The van der Waals surface area contributed by atoms with Crippen molar-refractivity contribution in [2.24, 2.45) is 11.7 Å². The third-order valence-electron chi connectivity index (χ3n) is 5.03. The van der Waals surface area contributed by atoms with Crippen LogP contribution in [0, 0.1) is 5.92 Å². The number of anilines is 1. The second-order valence-corrected chi connectivity index (χ2v) is 6.98. The van der Waals surface area contributed by atoms with E-state index in [1.165, 1.54) is 0 Å². The van der Waals surface area contributed by atoms with Gasteiger partial charge in [-0.05, 0) is 37.1 Å². The number of hydrogen-bond acceptors (Lipinski definition) is 5. The summed E-state index contributed by atoms with van der Waals surface area (Å²) in [5.41, 5.74) is 7.85. The number of nitrogens with two attached hydrogens (primary N) is 1. The fourth-order valence-corrected chi connectivity index (χ4v) is 3.53. The predicted octanol–water partition coefficient (Wildman–Crippen LogP) is 3.20. The van der Waals surface area contributed by atoms with Gasteiger partial charge in [0.25, 0.3) is 0 Å². The minimum absolute atomic E-state index is 0.00743. The lowest BCUT2D eigenvalue weighted by atomic mass is 9.95. The molecule has 1 amide bonds. The van der Waals surface area contributed by atoms with Crippen LogP contribution >= 0.6 is 0 Å².